The number of rotatable bonds is 7. The van der Waals surface area contributed by atoms with Crippen LogP contribution in [0.4, 0.5) is 10.8 Å². The average molecular weight is 469 g/mol. The van der Waals surface area contributed by atoms with Gasteiger partial charge >= 0.3 is 0 Å². The quantitative estimate of drug-likeness (QED) is 0.484. The van der Waals surface area contributed by atoms with E-state index in [-0.39, 0.29) is 15.7 Å². The predicted molar refractivity (Wildman–Crippen MR) is 113 cm³/mol. The Balaban J connectivity index is 2.24. The monoisotopic (exact) mass is 468 g/mol. The Morgan fingerprint density at radius 1 is 1.22 bits per heavy atom. The molecule has 0 aliphatic heterocycles. The number of nitrogens with one attached hydrogen (secondary N) is 1. The second-order valence-electron chi connectivity index (χ2n) is 5.86. The largest absolute Gasteiger partial charge is 0.299 e. The second kappa shape index (κ2) is 8.95. The van der Waals surface area contributed by atoms with Crippen LogP contribution in [-0.4, -0.2) is 42.1 Å². The van der Waals surface area contributed by atoms with Crippen molar-refractivity contribution < 1.29 is 13.2 Å². The number of benzene rings is 1. The molecule has 1 aromatic carbocycles. The van der Waals surface area contributed by atoms with Gasteiger partial charge in [0, 0.05) is 5.25 Å². The fourth-order valence-corrected chi connectivity index (χ4v) is 5.59. The van der Waals surface area contributed by atoms with Gasteiger partial charge in [0.2, 0.25) is 21.1 Å². The molecule has 0 bridgehead atoms. The summed E-state index contributed by atoms with van der Waals surface area (Å²) in [5, 5.41) is 11.6. The summed E-state index contributed by atoms with van der Waals surface area (Å²) in [4.78, 5) is 12.6. The van der Waals surface area contributed by atoms with Crippen molar-refractivity contribution >= 4 is 73.0 Å². The van der Waals surface area contributed by atoms with Gasteiger partial charge in [0.15, 0.2) is 4.34 Å². The van der Waals surface area contributed by atoms with Crippen LogP contribution >= 0.6 is 46.3 Å². The van der Waals surface area contributed by atoms with Crippen LogP contribution in [0.2, 0.25) is 10.0 Å². The minimum Gasteiger partial charge on any atom is -0.299 e. The highest BCUT2D eigenvalue weighted by atomic mass is 35.5. The normalized spacial score (nSPS) is 12.9. The summed E-state index contributed by atoms with van der Waals surface area (Å²) in [6.07, 6.45) is 1.02. The summed E-state index contributed by atoms with van der Waals surface area (Å²) in [6.45, 7) is 5.52. The molecule has 2 rings (SSSR count). The molecule has 0 saturated heterocycles. The molecule has 0 unspecified atom stereocenters. The first-order valence-electron chi connectivity index (χ1n) is 7.74. The number of hydrogen-bond acceptors (Lipinski definition) is 7. The predicted octanol–water partition coefficient (Wildman–Crippen LogP) is 4.14. The van der Waals surface area contributed by atoms with Crippen LogP contribution in [0, 0.1) is 0 Å². The Labute approximate surface area is 176 Å². The topological polar surface area (TPSA) is 92.3 Å². The summed E-state index contributed by atoms with van der Waals surface area (Å²) >= 11 is 14.6. The molecule has 1 heterocycles. The fourth-order valence-electron chi connectivity index (χ4n) is 2.15. The van der Waals surface area contributed by atoms with Crippen molar-refractivity contribution in [3.8, 4) is 0 Å². The summed E-state index contributed by atoms with van der Waals surface area (Å²) in [6, 6.07) is 3.32. The minimum atomic E-state index is -3.76. The van der Waals surface area contributed by atoms with Gasteiger partial charge < -0.3 is 0 Å². The first-order valence-corrected chi connectivity index (χ1v) is 12.0. The van der Waals surface area contributed by atoms with Gasteiger partial charge in [-0.2, -0.15) is 0 Å². The Kier molecular flexibility index (Phi) is 7.37. The number of amides is 1. The molecule has 1 N–H and O–H groups in total. The molecule has 12 heteroatoms. The molecule has 27 heavy (non-hydrogen) atoms. The number of thioether (sulfide) groups is 1. The van der Waals surface area contributed by atoms with E-state index in [1.54, 1.807) is 0 Å². The summed E-state index contributed by atoms with van der Waals surface area (Å²) in [5.74, 6) is -0.538. The van der Waals surface area contributed by atoms with Crippen LogP contribution in [0.15, 0.2) is 22.5 Å². The Bertz CT molecular complexity index is 934. The minimum absolute atomic E-state index is 0.190. The zero-order valence-corrected chi connectivity index (χ0v) is 18.9. The van der Waals surface area contributed by atoms with Crippen molar-refractivity contribution in [1.82, 2.24) is 10.2 Å². The van der Waals surface area contributed by atoms with Gasteiger partial charge in [-0.3, -0.25) is 14.4 Å². The van der Waals surface area contributed by atoms with Gasteiger partial charge in [0.1, 0.15) is 6.04 Å². The number of carbonyl (C=O) groups is 1. The Morgan fingerprint density at radius 2 is 1.89 bits per heavy atom. The highest BCUT2D eigenvalue weighted by molar-refractivity contribution is 8.01. The van der Waals surface area contributed by atoms with E-state index in [4.69, 9.17) is 23.2 Å². The Morgan fingerprint density at radius 3 is 2.44 bits per heavy atom. The maximum absolute atomic E-state index is 12.6. The van der Waals surface area contributed by atoms with Gasteiger partial charge in [-0.15, -0.1) is 10.2 Å². The average Bonchev–Trinajstić information content (AvgIpc) is 2.95. The van der Waals surface area contributed by atoms with Gasteiger partial charge in [-0.25, -0.2) is 8.42 Å². The van der Waals surface area contributed by atoms with Crippen LogP contribution < -0.4 is 9.62 Å². The lowest BCUT2D eigenvalue weighted by Gasteiger charge is -2.28. The van der Waals surface area contributed by atoms with Crippen LogP contribution in [0.5, 0.6) is 0 Å². The number of hydrogen-bond donors (Lipinski definition) is 1. The molecule has 2 aromatic rings. The SMILES string of the molecule is CC(C)Sc1nnc(NC(=O)[C@H](C)N(c2ccc(Cl)c(Cl)c2)S(C)(=O)=O)s1. The summed E-state index contributed by atoms with van der Waals surface area (Å²) < 4.78 is 26.3. The molecule has 1 atom stereocenters. The van der Waals surface area contributed by atoms with Crippen molar-refractivity contribution in [1.29, 1.82) is 0 Å². The molecular formula is C15H18Cl2N4O3S3. The van der Waals surface area contributed by atoms with Gasteiger partial charge in [0.25, 0.3) is 0 Å². The van der Waals surface area contributed by atoms with E-state index < -0.39 is 22.0 Å². The molecule has 0 spiro atoms. The fraction of sp³-hybridized carbons (Fsp3) is 0.400. The third kappa shape index (κ3) is 5.95. The van der Waals surface area contributed by atoms with Crippen LogP contribution in [0.25, 0.3) is 0 Å². The van der Waals surface area contributed by atoms with Crippen LogP contribution in [0.3, 0.4) is 0 Å². The Hall–Kier alpha value is -1.07. The zero-order chi connectivity index (χ0) is 20.4. The highest BCUT2D eigenvalue weighted by Gasteiger charge is 2.30. The molecule has 1 aromatic heterocycles. The van der Waals surface area contributed by atoms with Crippen molar-refractivity contribution in [3.05, 3.63) is 28.2 Å². The molecular weight excluding hydrogens is 451 g/mol. The summed E-state index contributed by atoms with van der Waals surface area (Å²) in [7, 11) is -3.76. The van der Waals surface area contributed by atoms with Gasteiger partial charge in [-0.1, -0.05) is 60.1 Å². The maximum atomic E-state index is 12.6. The third-order valence-electron chi connectivity index (χ3n) is 3.22. The maximum Gasteiger partial charge on any atom is 0.249 e. The first kappa shape index (κ1) is 22.2. The number of sulfonamides is 1. The molecule has 0 radical (unpaired) electrons. The highest BCUT2D eigenvalue weighted by Crippen LogP contribution is 2.31. The molecule has 0 fully saturated rings. The lowest BCUT2D eigenvalue weighted by Crippen LogP contribution is -2.45. The zero-order valence-electron chi connectivity index (χ0n) is 14.9. The number of carbonyl (C=O) groups excluding carboxylic acids is 1. The molecule has 148 valence electrons. The number of halogens is 2. The van der Waals surface area contributed by atoms with E-state index in [9.17, 15) is 13.2 Å². The van der Waals surface area contributed by atoms with E-state index in [1.165, 1.54) is 48.2 Å². The van der Waals surface area contributed by atoms with Crippen molar-refractivity contribution in [2.45, 2.75) is 36.4 Å². The van der Waals surface area contributed by atoms with E-state index >= 15 is 0 Å². The van der Waals surface area contributed by atoms with E-state index in [2.05, 4.69) is 15.5 Å². The molecule has 0 saturated carbocycles. The van der Waals surface area contributed by atoms with Gasteiger partial charge in [-0.05, 0) is 25.1 Å². The number of aromatic nitrogens is 2. The molecule has 7 nitrogen and oxygen atoms in total. The van der Waals surface area contributed by atoms with E-state index in [1.807, 2.05) is 13.8 Å². The lowest BCUT2D eigenvalue weighted by atomic mass is 10.2. The van der Waals surface area contributed by atoms with Crippen LogP contribution in [0.1, 0.15) is 20.8 Å². The molecule has 0 aliphatic rings. The van der Waals surface area contributed by atoms with Gasteiger partial charge in [0.05, 0.1) is 22.0 Å². The summed E-state index contributed by atoms with van der Waals surface area (Å²) in [5.41, 5.74) is 0.239. The third-order valence-corrected chi connectivity index (χ3v) is 7.13. The lowest BCUT2D eigenvalue weighted by molar-refractivity contribution is -0.116. The van der Waals surface area contributed by atoms with E-state index in [0.717, 1.165) is 14.9 Å². The smallest absolute Gasteiger partial charge is 0.249 e. The van der Waals surface area contributed by atoms with Crippen molar-refractivity contribution in [2.75, 3.05) is 15.9 Å². The van der Waals surface area contributed by atoms with E-state index in [0.29, 0.717) is 10.4 Å². The van der Waals surface area contributed by atoms with Crippen molar-refractivity contribution in [3.63, 3.8) is 0 Å². The van der Waals surface area contributed by atoms with Crippen LogP contribution in [-0.2, 0) is 14.8 Å². The molecule has 1 amide bonds. The molecule has 0 aliphatic carbocycles. The standard InChI is InChI=1S/C15H18Cl2N4O3S3/c1-8(2)25-15-20-19-14(26-15)18-13(22)9(3)21(27(4,23)24)10-5-6-11(16)12(17)7-10/h5-9H,1-4H3,(H,18,19,22)/t9-/m0/s1. The van der Waals surface area contributed by atoms with Crippen molar-refractivity contribution in [2.24, 2.45) is 0 Å². The second-order valence-corrected chi connectivity index (χ2v) is 11.3. The number of anilines is 2. The first-order chi connectivity index (χ1) is 12.5. The number of nitrogens with zero attached hydrogens (tertiary/aromatic N) is 3.